The number of rotatable bonds is 6. The van der Waals surface area contributed by atoms with Gasteiger partial charge in [0, 0.05) is 5.92 Å². The van der Waals surface area contributed by atoms with Crippen molar-refractivity contribution in [1.82, 2.24) is 0 Å². The molecule has 2 rings (SSSR count). The highest BCUT2D eigenvalue weighted by molar-refractivity contribution is 5.81. The maximum atomic E-state index is 12.6. The van der Waals surface area contributed by atoms with Crippen molar-refractivity contribution in [3.63, 3.8) is 0 Å². The van der Waals surface area contributed by atoms with E-state index in [1.54, 1.807) is 0 Å². The minimum Gasteiger partial charge on any atom is -0.457 e. The van der Waals surface area contributed by atoms with Crippen LogP contribution >= 0.6 is 0 Å². The number of carbonyl (C=O) groups is 1. The van der Waals surface area contributed by atoms with Gasteiger partial charge in [0.1, 0.15) is 13.2 Å². The lowest BCUT2D eigenvalue weighted by molar-refractivity contribution is -0.858. The summed E-state index contributed by atoms with van der Waals surface area (Å²) in [6.45, 7) is 1.07. The van der Waals surface area contributed by atoms with Crippen LogP contribution in [0, 0.1) is 5.92 Å². The summed E-state index contributed by atoms with van der Waals surface area (Å²) in [6, 6.07) is 9.23. The Bertz CT molecular complexity index is 454. The van der Waals surface area contributed by atoms with Gasteiger partial charge in [0.25, 0.3) is 0 Å². The molecule has 1 aromatic carbocycles. The number of ether oxygens (including phenoxy) is 1. The van der Waals surface area contributed by atoms with Gasteiger partial charge in [-0.3, -0.25) is 0 Å². The molecule has 1 aromatic rings. The van der Waals surface area contributed by atoms with Crippen LogP contribution in [-0.2, 0) is 15.1 Å². The molecule has 0 aromatic heterocycles. The molecule has 0 heterocycles. The van der Waals surface area contributed by atoms with Crippen molar-refractivity contribution in [2.75, 3.05) is 27.2 Å². The molecule has 2 N–H and O–H groups in total. The van der Waals surface area contributed by atoms with Crippen LogP contribution in [0.15, 0.2) is 30.3 Å². The SMILES string of the molecule is C[NH+](C)CCOC(=O)[C@@](O)(c1ccccc1)C1CCCC1. The predicted octanol–water partition coefficient (Wildman–Crippen LogP) is 0.752. The molecule has 0 radical (unpaired) electrons. The number of esters is 1. The summed E-state index contributed by atoms with van der Waals surface area (Å²) in [5.74, 6) is -0.541. The first-order chi connectivity index (χ1) is 10.0. The van der Waals surface area contributed by atoms with E-state index >= 15 is 0 Å². The van der Waals surface area contributed by atoms with E-state index in [-0.39, 0.29) is 5.92 Å². The summed E-state index contributed by atoms with van der Waals surface area (Å²) < 4.78 is 5.38. The van der Waals surface area contributed by atoms with Crippen LogP contribution in [0.1, 0.15) is 31.2 Å². The molecule has 1 atom stereocenters. The Hall–Kier alpha value is -1.39. The Kier molecular flexibility index (Phi) is 5.37. The van der Waals surface area contributed by atoms with Gasteiger partial charge in [0.15, 0.2) is 5.60 Å². The van der Waals surface area contributed by atoms with E-state index in [0.29, 0.717) is 12.2 Å². The second-order valence-electron chi connectivity index (χ2n) is 6.21. The topological polar surface area (TPSA) is 51.0 Å². The Balaban J connectivity index is 2.17. The molecule has 4 nitrogen and oxygen atoms in total. The van der Waals surface area contributed by atoms with Gasteiger partial charge in [-0.15, -0.1) is 0 Å². The number of carbonyl (C=O) groups excluding carboxylic acids is 1. The molecule has 116 valence electrons. The van der Waals surface area contributed by atoms with E-state index in [9.17, 15) is 9.90 Å². The monoisotopic (exact) mass is 292 g/mol. The van der Waals surface area contributed by atoms with E-state index in [1.807, 2.05) is 44.4 Å². The smallest absolute Gasteiger partial charge is 0.343 e. The molecule has 0 bridgehead atoms. The maximum Gasteiger partial charge on any atom is 0.343 e. The number of likely N-dealkylation sites (N-methyl/N-ethyl adjacent to an activating group) is 1. The van der Waals surface area contributed by atoms with Gasteiger partial charge in [-0.1, -0.05) is 43.2 Å². The van der Waals surface area contributed by atoms with E-state index in [2.05, 4.69) is 0 Å². The lowest BCUT2D eigenvalue weighted by Gasteiger charge is -2.32. The van der Waals surface area contributed by atoms with Gasteiger partial charge in [-0.25, -0.2) is 4.79 Å². The molecular weight excluding hydrogens is 266 g/mol. The van der Waals surface area contributed by atoms with Crippen molar-refractivity contribution in [1.29, 1.82) is 0 Å². The third-order valence-electron chi connectivity index (χ3n) is 4.31. The minimum atomic E-state index is -1.50. The highest BCUT2D eigenvalue weighted by Gasteiger charge is 2.47. The van der Waals surface area contributed by atoms with Crippen LogP contribution in [-0.4, -0.2) is 38.3 Å². The zero-order valence-corrected chi connectivity index (χ0v) is 13.0. The first-order valence-corrected chi connectivity index (χ1v) is 7.79. The van der Waals surface area contributed by atoms with Crippen molar-refractivity contribution in [2.24, 2.45) is 5.92 Å². The highest BCUT2D eigenvalue weighted by atomic mass is 16.5. The summed E-state index contributed by atoms with van der Waals surface area (Å²) in [5, 5.41) is 11.1. The molecule has 0 spiro atoms. The molecule has 4 heteroatoms. The van der Waals surface area contributed by atoms with E-state index in [1.165, 1.54) is 4.90 Å². The summed E-state index contributed by atoms with van der Waals surface area (Å²) >= 11 is 0. The molecule has 0 aliphatic heterocycles. The van der Waals surface area contributed by atoms with E-state index in [0.717, 1.165) is 32.2 Å². The third-order valence-corrected chi connectivity index (χ3v) is 4.31. The highest BCUT2D eigenvalue weighted by Crippen LogP contribution is 2.41. The Morgan fingerprint density at radius 3 is 2.48 bits per heavy atom. The minimum absolute atomic E-state index is 0.0425. The Morgan fingerprint density at radius 2 is 1.90 bits per heavy atom. The average Bonchev–Trinajstić information content (AvgIpc) is 3.01. The van der Waals surface area contributed by atoms with Crippen LogP contribution in [0.2, 0.25) is 0 Å². The van der Waals surface area contributed by atoms with Crippen LogP contribution in [0.3, 0.4) is 0 Å². The Labute approximate surface area is 126 Å². The number of nitrogens with one attached hydrogen (secondary N) is 1. The second-order valence-corrected chi connectivity index (χ2v) is 6.21. The lowest BCUT2D eigenvalue weighted by Crippen LogP contribution is -3.06. The quantitative estimate of drug-likeness (QED) is 0.761. The number of benzene rings is 1. The van der Waals surface area contributed by atoms with Gasteiger partial charge < -0.3 is 14.7 Å². The summed E-state index contributed by atoms with van der Waals surface area (Å²) in [5.41, 5.74) is -0.849. The number of hydrogen-bond acceptors (Lipinski definition) is 3. The van der Waals surface area contributed by atoms with Crippen LogP contribution in [0.25, 0.3) is 0 Å². The van der Waals surface area contributed by atoms with Gasteiger partial charge in [-0.2, -0.15) is 0 Å². The van der Waals surface area contributed by atoms with E-state index in [4.69, 9.17) is 4.74 Å². The first kappa shape index (κ1) is 16.0. The fourth-order valence-corrected chi connectivity index (χ4v) is 3.01. The molecular formula is C17H26NO3+. The van der Waals surface area contributed by atoms with Crippen LogP contribution in [0.4, 0.5) is 0 Å². The van der Waals surface area contributed by atoms with Crippen LogP contribution < -0.4 is 4.90 Å². The van der Waals surface area contributed by atoms with E-state index < -0.39 is 11.6 Å². The molecule has 21 heavy (non-hydrogen) atoms. The molecule has 0 amide bonds. The molecule has 1 fully saturated rings. The fraction of sp³-hybridized carbons (Fsp3) is 0.588. The molecule has 1 saturated carbocycles. The summed E-state index contributed by atoms with van der Waals surface area (Å²) in [4.78, 5) is 13.8. The zero-order chi connectivity index (χ0) is 15.3. The lowest BCUT2D eigenvalue weighted by atomic mass is 9.80. The molecule has 0 unspecified atom stereocenters. The third kappa shape index (κ3) is 3.63. The zero-order valence-electron chi connectivity index (χ0n) is 13.0. The summed E-state index contributed by atoms with van der Waals surface area (Å²) in [7, 11) is 4.02. The van der Waals surface area contributed by atoms with Gasteiger partial charge in [-0.05, 0) is 18.4 Å². The first-order valence-electron chi connectivity index (χ1n) is 7.79. The molecule has 0 saturated heterocycles. The van der Waals surface area contributed by atoms with Gasteiger partial charge in [0.2, 0.25) is 0 Å². The van der Waals surface area contributed by atoms with Gasteiger partial charge in [0.05, 0.1) is 14.1 Å². The largest absolute Gasteiger partial charge is 0.457 e. The number of quaternary nitrogens is 1. The second kappa shape index (κ2) is 7.05. The van der Waals surface area contributed by atoms with Gasteiger partial charge >= 0.3 is 5.97 Å². The molecule has 1 aliphatic carbocycles. The summed E-state index contributed by atoms with van der Waals surface area (Å²) in [6.07, 6.45) is 3.88. The Morgan fingerprint density at radius 1 is 1.29 bits per heavy atom. The average molecular weight is 292 g/mol. The van der Waals surface area contributed by atoms with Crippen molar-refractivity contribution < 1.29 is 19.5 Å². The van der Waals surface area contributed by atoms with Crippen molar-refractivity contribution in [3.8, 4) is 0 Å². The number of hydrogen-bond donors (Lipinski definition) is 2. The predicted molar refractivity (Wildman–Crippen MR) is 80.9 cm³/mol. The number of aliphatic hydroxyl groups is 1. The van der Waals surface area contributed by atoms with Crippen molar-refractivity contribution in [2.45, 2.75) is 31.3 Å². The maximum absolute atomic E-state index is 12.6. The van der Waals surface area contributed by atoms with Crippen molar-refractivity contribution >= 4 is 5.97 Å². The van der Waals surface area contributed by atoms with Crippen LogP contribution in [0.5, 0.6) is 0 Å². The fourth-order valence-electron chi connectivity index (χ4n) is 3.01. The normalized spacial score (nSPS) is 18.7. The van der Waals surface area contributed by atoms with Crippen molar-refractivity contribution in [3.05, 3.63) is 35.9 Å². The molecule has 1 aliphatic rings. The standard InChI is InChI=1S/C17H25NO3/c1-18(2)12-13-21-16(19)17(20,15-10-6-7-11-15)14-8-4-3-5-9-14/h3-5,8-9,15,20H,6-7,10-13H2,1-2H3/p+1/t17-/m1/s1.